The molecule has 6 nitrogen and oxygen atoms in total. The molecular formula is C29H36N4O2S. The van der Waals surface area contributed by atoms with E-state index in [0.29, 0.717) is 5.82 Å². The molecule has 3 aromatic rings. The first-order valence-corrected chi connectivity index (χ1v) is 13.5. The third-order valence-electron chi connectivity index (χ3n) is 6.17. The van der Waals surface area contributed by atoms with Gasteiger partial charge >= 0.3 is 0 Å². The first-order chi connectivity index (χ1) is 17.0. The Labute approximate surface area is 218 Å². The first kappa shape index (κ1) is 26.0. The summed E-state index contributed by atoms with van der Waals surface area (Å²) in [7, 11) is 0. The van der Waals surface area contributed by atoms with Crippen LogP contribution in [0, 0.1) is 13.8 Å². The number of hydrogen-bond acceptors (Lipinski definition) is 4. The molecule has 1 aliphatic heterocycles. The molecule has 1 aliphatic rings. The topological polar surface area (TPSA) is 67.2 Å². The number of thioether (sulfide) groups is 1. The number of fused-ring (bicyclic) bond motifs is 1. The van der Waals surface area contributed by atoms with E-state index in [4.69, 9.17) is 5.10 Å². The number of anilines is 1. The van der Waals surface area contributed by atoms with Crippen LogP contribution in [0.4, 0.5) is 5.82 Å². The summed E-state index contributed by atoms with van der Waals surface area (Å²) in [6.45, 7) is 14.4. The van der Waals surface area contributed by atoms with E-state index in [2.05, 4.69) is 57.3 Å². The molecule has 4 rings (SSSR count). The van der Waals surface area contributed by atoms with Gasteiger partial charge in [-0.05, 0) is 45.4 Å². The molecule has 7 heteroatoms. The number of carbonyl (C=O) groups is 2. The maximum Gasteiger partial charge on any atom is 0.240 e. The van der Waals surface area contributed by atoms with Crippen molar-refractivity contribution in [3.8, 4) is 5.69 Å². The summed E-state index contributed by atoms with van der Waals surface area (Å²) in [6.07, 6.45) is 0. The summed E-state index contributed by atoms with van der Waals surface area (Å²) in [4.78, 5) is 28.2. The largest absolute Gasteiger partial charge is 0.352 e. The van der Waals surface area contributed by atoms with Crippen LogP contribution in [0.25, 0.3) is 5.69 Å². The van der Waals surface area contributed by atoms with E-state index < -0.39 is 0 Å². The van der Waals surface area contributed by atoms with Crippen molar-refractivity contribution in [2.24, 2.45) is 0 Å². The van der Waals surface area contributed by atoms with E-state index in [1.807, 2.05) is 49.7 Å². The highest BCUT2D eigenvalue weighted by Gasteiger charge is 2.39. The number of aromatic nitrogens is 2. The van der Waals surface area contributed by atoms with Crippen LogP contribution >= 0.6 is 11.8 Å². The zero-order chi connectivity index (χ0) is 26.2. The van der Waals surface area contributed by atoms with Crippen molar-refractivity contribution < 1.29 is 9.59 Å². The summed E-state index contributed by atoms with van der Waals surface area (Å²) in [6, 6.07) is 16.6. The predicted molar refractivity (Wildman–Crippen MR) is 148 cm³/mol. The lowest BCUT2D eigenvalue weighted by molar-refractivity contribution is -0.123. The van der Waals surface area contributed by atoms with Gasteiger partial charge in [-0.1, -0.05) is 68.3 Å². The molecule has 0 radical (unpaired) electrons. The number of carbonyl (C=O) groups excluding carboxylic acids is 2. The molecule has 190 valence electrons. The van der Waals surface area contributed by atoms with Crippen molar-refractivity contribution >= 4 is 29.4 Å². The maximum atomic E-state index is 13.6. The number of nitrogens with zero attached hydrogens (tertiary/aromatic N) is 3. The maximum absolute atomic E-state index is 13.6. The van der Waals surface area contributed by atoms with Crippen LogP contribution in [0.2, 0.25) is 0 Å². The summed E-state index contributed by atoms with van der Waals surface area (Å²) in [5, 5.41) is 7.99. The predicted octanol–water partition coefficient (Wildman–Crippen LogP) is 5.48. The van der Waals surface area contributed by atoms with Crippen LogP contribution in [0.5, 0.6) is 0 Å². The molecule has 0 saturated heterocycles. The first-order valence-electron chi connectivity index (χ1n) is 12.4. The average Bonchev–Trinajstić information content (AvgIpc) is 3.12. The van der Waals surface area contributed by atoms with Crippen LogP contribution in [0.1, 0.15) is 67.8 Å². The molecule has 2 aromatic carbocycles. The van der Waals surface area contributed by atoms with Crippen molar-refractivity contribution in [2.75, 3.05) is 17.2 Å². The molecule has 1 N–H and O–H groups in total. The highest BCUT2D eigenvalue weighted by atomic mass is 32.2. The van der Waals surface area contributed by atoms with E-state index in [1.165, 1.54) is 5.56 Å². The highest BCUT2D eigenvalue weighted by molar-refractivity contribution is 8.00. The quantitative estimate of drug-likeness (QED) is 0.500. The van der Waals surface area contributed by atoms with Gasteiger partial charge in [-0.3, -0.25) is 14.5 Å². The fraction of sp³-hybridized carbons (Fsp3) is 0.414. The Morgan fingerprint density at radius 2 is 1.81 bits per heavy atom. The minimum Gasteiger partial charge on any atom is -0.352 e. The van der Waals surface area contributed by atoms with Gasteiger partial charge in [0, 0.05) is 17.0 Å². The van der Waals surface area contributed by atoms with Crippen LogP contribution < -0.4 is 10.2 Å². The van der Waals surface area contributed by atoms with Crippen LogP contribution in [0.3, 0.4) is 0 Å². The monoisotopic (exact) mass is 504 g/mol. The minimum atomic E-state index is -0.276. The molecular weight excluding hydrogens is 468 g/mol. The number of amides is 2. The van der Waals surface area contributed by atoms with E-state index in [0.717, 1.165) is 28.1 Å². The molecule has 0 bridgehead atoms. The summed E-state index contributed by atoms with van der Waals surface area (Å²) in [5.74, 6) is 0.685. The lowest BCUT2D eigenvalue weighted by Crippen LogP contribution is -2.44. The van der Waals surface area contributed by atoms with Gasteiger partial charge in [0.2, 0.25) is 11.8 Å². The molecule has 0 spiro atoms. The standard InChI is InChI=1S/C29H36N4O2S/c1-18(2)30-23(34)16-32-24(35)17-36-26(21-10-8-9-20(4)15-21)25-27(29(5,6)7)31-33(28(25)32)22-13-11-19(3)12-14-22/h8-15,18,26H,16-17H2,1-7H3,(H,30,34). The number of hydrogen-bond donors (Lipinski definition) is 1. The van der Waals surface area contributed by atoms with E-state index in [9.17, 15) is 9.59 Å². The lowest BCUT2D eigenvalue weighted by atomic mass is 9.87. The molecule has 2 amide bonds. The normalized spacial score (nSPS) is 16.2. The Morgan fingerprint density at radius 1 is 1.11 bits per heavy atom. The number of nitrogens with one attached hydrogen (secondary N) is 1. The van der Waals surface area contributed by atoms with Gasteiger partial charge < -0.3 is 5.32 Å². The molecule has 1 atom stereocenters. The van der Waals surface area contributed by atoms with E-state index >= 15 is 0 Å². The van der Waals surface area contributed by atoms with Crippen molar-refractivity contribution in [2.45, 2.75) is 65.2 Å². The summed E-state index contributed by atoms with van der Waals surface area (Å²) < 4.78 is 1.87. The zero-order valence-corrected chi connectivity index (χ0v) is 23.1. The summed E-state index contributed by atoms with van der Waals surface area (Å²) in [5.41, 5.74) is 5.97. The molecule has 1 unspecified atom stereocenters. The van der Waals surface area contributed by atoms with Gasteiger partial charge in [-0.2, -0.15) is 5.10 Å². The Bertz CT molecular complexity index is 1270. The molecule has 36 heavy (non-hydrogen) atoms. The minimum absolute atomic E-state index is 0.0133. The van der Waals surface area contributed by atoms with Gasteiger partial charge in [0.05, 0.1) is 22.4 Å². The van der Waals surface area contributed by atoms with Gasteiger partial charge in [-0.15, -0.1) is 11.8 Å². The summed E-state index contributed by atoms with van der Waals surface area (Å²) >= 11 is 1.61. The Hall–Kier alpha value is -3.06. The second kappa shape index (κ2) is 10.1. The van der Waals surface area contributed by atoms with Crippen molar-refractivity contribution in [3.63, 3.8) is 0 Å². The van der Waals surface area contributed by atoms with Crippen molar-refractivity contribution in [1.82, 2.24) is 15.1 Å². The number of rotatable bonds is 5. The molecule has 0 aliphatic carbocycles. The van der Waals surface area contributed by atoms with Gasteiger partial charge in [0.25, 0.3) is 0 Å². The molecule has 0 fully saturated rings. The lowest BCUT2D eigenvalue weighted by Gasteiger charge is -2.25. The second-order valence-electron chi connectivity index (χ2n) is 10.9. The van der Waals surface area contributed by atoms with Crippen LogP contribution in [-0.2, 0) is 15.0 Å². The van der Waals surface area contributed by atoms with Gasteiger partial charge in [-0.25, -0.2) is 4.68 Å². The number of benzene rings is 2. The van der Waals surface area contributed by atoms with Crippen molar-refractivity contribution in [1.29, 1.82) is 0 Å². The molecule has 2 heterocycles. The Morgan fingerprint density at radius 3 is 2.42 bits per heavy atom. The molecule has 1 aromatic heterocycles. The Kier molecular flexibility index (Phi) is 7.32. The highest BCUT2D eigenvalue weighted by Crippen LogP contribution is 2.48. The number of aryl methyl sites for hydroxylation is 2. The van der Waals surface area contributed by atoms with Crippen LogP contribution in [-0.4, -0.2) is 39.9 Å². The Balaban J connectivity index is 2.01. The fourth-order valence-corrected chi connectivity index (χ4v) is 5.73. The second-order valence-corrected chi connectivity index (χ2v) is 12.0. The van der Waals surface area contributed by atoms with Crippen molar-refractivity contribution in [3.05, 3.63) is 76.5 Å². The third-order valence-corrected chi connectivity index (χ3v) is 7.43. The zero-order valence-electron chi connectivity index (χ0n) is 22.3. The van der Waals surface area contributed by atoms with E-state index in [-0.39, 0.29) is 40.8 Å². The van der Waals surface area contributed by atoms with Gasteiger partial charge in [0.15, 0.2) is 0 Å². The fourth-order valence-electron chi connectivity index (χ4n) is 4.55. The third kappa shape index (κ3) is 5.36. The van der Waals surface area contributed by atoms with E-state index in [1.54, 1.807) is 16.7 Å². The average molecular weight is 505 g/mol. The van der Waals surface area contributed by atoms with Crippen LogP contribution in [0.15, 0.2) is 48.5 Å². The van der Waals surface area contributed by atoms with Gasteiger partial charge in [0.1, 0.15) is 12.4 Å². The SMILES string of the molecule is Cc1ccc(-n2nc(C(C)(C)C)c3c2N(CC(=O)NC(C)C)C(=O)CSC3c2cccc(C)c2)cc1. The smallest absolute Gasteiger partial charge is 0.240 e. The molecule has 0 saturated carbocycles.